The largest absolute Gasteiger partial charge is 0.483 e. The number of hydrogen-bond donors (Lipinski definition) is 5. The standard InChI is InChI=1S/2C3H6O3.CH2O2.ClH/c2*1-2(4)3(5)6;2-1-3;/h2*2,4H,1H3,(H,5,6);1H,(H,2,3);1H. The van der Waals surface area contributed by atoms with Crippen LogP contribution < -0.4 is 0 Å². The highest BCUT2D eigenvalue weighted by Gasteiger charge is 2.01. The van der Waals surface area contributed by atoms with Gasteiger partial charge in [0, 0.05) is 0 Å². The summed E-state index contributed by atoms with van der Waals surface area (Å²) in [7, 11) is 0. The molecule has 0 fully saturated rings. The van der Waals surface area contributed by atoms with Gasteiger partial charge in [0.05, 0.1) is 0 Å². The molecule has 9 heteroatoms. The summed E-state index contributed by atoms with van der Waals surface area (Å²) < 4.78 is 0. The van der Waals surface area contributed by atoms with Crippen LogP contribution >= 0.6 is 12.4 Å². The lowest BCUT2D eigenvalue weighted by molar-refractivity contribution is -0.146. The quantitative estimate of drug-likeness (QED) is 0.398. The predicted octanol–water partition coefficient (Wildman–Crippen LogP) is -0.974. The Hall–Kier alpha value is -1.38. The molecule has 2 unspecified atom stereocenters. The molecule has 0 aromatic carbocycles. The van der Waals surface area contributed by atoms with Crippen LogP contribution in [0.25, 0.3) is 0 Å². The Morgan fingerprint density at radius 3 is 1.06 bits per heavy atom. The number of aliphatic hydroxyl groups excluding tert-OH is 2. The first-order valence-corrected chi connectivity index (χ1v) is 3.60. The first-order valence-electron chi connectivity index (χ1n) is 3.60. The van der Waals surface area contributed by atoms with Gasteiger partial charge in [-0.05, 0) is 13.8 Å². The van der Waals surface area contributed by atoms with E-state index in [1.165, 1.54) is 13.8 Å². The summed E-state index contributed by atoms with van der Waals surface area (Å²) in [5.74, 6) is -2.37. The second-order valence-electron chi connectivity index (χ2n) is 2.13. The normalized spacial score (nSPS) is 11.0. The zero-order chi connectivity index (χ0) is 13.0. The van der Waals surface area contributed by atoms with E-state index in [0.29, 0.717) is 0 Å². The van der Waals surface area contributed by atoms with Gasteiger partial charge in [-0.15, -0.1) is 12.4 Å². The number of carbonyl (C=O) groups is 3. The van der Waals surface area contributed by atoms with Gasteiger partial charge in [0.2, 0.25) is 0 Å². The van der Waals surface area contributed by atoms with Gasteiger partial charge in [0.15, 0.2) is 0 Å². The highest BCUT2D eigenvalue weighted by Crippen LogP contribution is 1.73. The number of aliphatic hydroxyl groups is 2. The van der Waals surface area contributed by atoms with Crippen molar-refractivity contribution in [3.8, 4) is 0 Å². The maximum atomic E-state index is 9.45. The summed E-state index contributed by atoms with van der Waals surface area (Å²) in [6, 6.07) is 0. The molecule has 0 rings (SSSR count). The fraction of sp³-hybridized carbons (Fsp3) is 0.571. The lowest BCUT2D eigenvalue weighted by Crippen LogP contribution is -2.13. The molecule has 0 aliphatic carbocycles. The van der Waals surface area contributed by atoms with Gasteiger partial charge in [-0.2, -0.15) is 0 Å². The molecule has 0 radical (unpaired) electrons. The van der Waals surface area contributed by atoms with Gasteiger partial charge in [0.1, 0.15) is 12.2 Å². The summed E-state index contributed by atoms with van der Waals surface area (Å²) in [4.78, 5) is 27.3. The minimum Gasteiger partial charge on any atom is -0.483 e. The van der Waals surface area contributed by atoms with Crippen molar-refractivity contribution in [2.45, 2.75) is 26.1 Å². The van der Waals surface area contributed by atoms with E-state index in [0.717, 1.165) is 0 Å². The monoisotopic (exact) mass is 262 g/mol. The molecule has 0 aromatic heterocycles. The third-order valence-corrected chi connectivity index (χ3v) is 0.715. The number of carboxylic acids is 2. The Labute approximate surface area is 97.5 Å². The van der Waals surface area contributed by atoms with Crippen molar-refractivity contribution in [2.24, 2.45) is 0 Å². The van der Waals surface area contributed by atoms with Crippen molar-refractivity contribution < 1.29 is 39.9 Å². The van der Waals surface area contributed by atoms with Crippen molar-refractivity contribution in [3.63, 3.8) is 0 Å². The highest BCUT2D eigenvalue weighted by molar-refractivity contribution is 5.85. The second kappa shape index (κ2) is 16.1. The lowest BCUT2D eigenvalue weighted by atomic mass is 10.4. The molecule has 0 bridgehead atoms. The number of halogens is 1. The molecule has 0 saturated heterocycles. The van der Waals surface area contributed by atoms with Crippen LogP contribution in [0, 0.1) is 0 Å². The first-order chi connectivity index (χ1) is 6.70. The van der Waals surface area contributed by atoms with Crippen molar-refractivity contribution in [3.05, 3.63) is 0 Å². The molecule has 0 amide bonds. The SMILES string of the molecule is CC(O)C(=O)O.CC(O)C(=O)O.Cl.O=CO. The molecule has 2 atom stereocenters. The highest BCUT2D eigenvalue weighted by atomic mass is 35.5. The van der Waals surface area contributed by atoms with Gasteiger partial charge in [-0.25, -0.2) is 9.59 Å². The van der Waals surface area contributed by atoms with E-state index in [-0.39, 0.29) is 18.9 Å². The molecule has 0 aliphatic rings. The Morgan fingerprint density at radius 2 is 1.06 bits per heavy atom. The van der Waals surface area contributed by atoms with Crippen LogP contribution in [0.5, 0.6) is 0 Å². The van der Waals surface area contributed by atoms with Crippen LogP contribution in [0.4, 0.5) is 0 Å². The van der Waals surface area contributed by atoms with E-state index in [4.69, 9.17) is 30.3 Å². The molecule has 0 saturated carbocycles. The minimum absolute atomic E-state index is 0. The maximum absolute atomic E-state index is 9.45. The average Bonchev–Trinajstić information content (AvgIpc) is 2.06. The minimum atomic E-state index is -1.23. The molecule has 5 N–H and O–H groups in total. The Bertz CT molecular complexity index is 173. The van der Waals surface area contributed by atoms with E-state index >= 15 is 0 Å². The summed E-state index contributed by atoms with van der Waals surface area (Å²) in [5, 5.41) is 38.4. The molecule has 0 aromatic rings. The van der Waals surface area contributed by atoms with Crippen molar-refractivity contribution in [2.75, 3.05) is 0 Å². The summed E-state index contributed by atoms with van der Waals surface area (Å²) in [5.41, 5.74) is 0. The van der Waals surface area contributed by atoms with Crippen LogP contribution in [0.2, 0.25) is 0 Å². The average molecular weight is 263 g/mol. The van der Waals surface area contributed by atoms with Gasteiger partial charge >= 0.3 is 11.9 Å². The van der Waals surface area contributed by atoms with Crippen molar-refractivity contribution >= 4 is 30.8 Å². The van der Waals surface area contributed by atoms with Crippen LogP contribution in [0.1, 0.15) is 13.8 Å². The maximum Gasteiger partial charge on any atom is 0.332 e. The lowest BCUT2D eigenvalue weighted by Gasteiger charge is -1.89. The third-order valence-electron chi connectivity index (χ3n) is 0.715. The number of carboxylic acid groups (broad SMARTS) is 3. The molecule has 0 aliphatic heterocycles. The molecule has 0 spiro atoms. The van der Waals surface area contributed by atoms with E-state index in [2.05, 4.69) is 0 Å². The van der Waals surface area contributed by atoms with Crippen molar-refractivity contribution in [1.29, 1.82) is 0 Å². The number of rotatable bonds is 2. The van der Waals surface area contributed by atoms with Crippen LogP contribution in [0.3, 0.4) is 0 Å². The van der Waals surface area contributed by atoms with Gasteiger partial charge in [-0.1, -0.05) is 0 Å². The summed E-state index contributed by atoms with van der Waals surface area (Å²) in [6.45, 7) is 2.14. The molecular formula is C7H15ClO8. The third kappa shape index (κ3) is 38.9. The van der Waals surface area contributed by atoms with E-state index < -0.39 is 24.1 Å². The fourth-order valence-electron chi connectivity index (χ4n) is 0. The van der Waals surface area contributed by atoms with Crippen LogP contribution in [-0.2, 0) is 14.4 Å². The zero-order valence-corrected chi connectivity index (χ0v) is 9.42. The Balaban J connectivity index is -0.0000000692. The summed E-state index contributed by atoms with van der Waals surface area (Å²) in [6.07, 6.45) is -2.46. The Morgan fingerprint density at radius 1 is 1.00 bits per heavy atom. The molecular weight excluding hydrogens is 248 g/mol. The van der Waals surface area contributed by atoms with E-state index in [1.54, 1.807) is 0 Å². The topological polar surface area (TPSA) is 152 Å². The first kappa shape index (κ1) is 24.0. The van der Waals surface area contributed by atoms with E-state index in [9.17, 15) is 9.59 Å². The van der Waals surface area contributed by atoms with Gasteiger partial charge < -0.3 is 25.5 Å². The smallest absolute Gasteiger partial charge is 0.332 e. The van der Waals surface area contributed by atoms with Crippen LogP contribution in [-0.4, -0.2) is 56.2 Å². The van der Waals surface area contributed by atoms with Crippen LogP contribution in [0.15, 0.2) is 0 Å². The molecule has 0 heterocycles. The predicted molar refractivity (Wildman–Crippen MR) is 54.6 cm³/mol. The summed E-state index contributed by atoms with van der Waals surface area (Å²) >= 11 is 0. The zero-order valence-electron chi connectivity index (χ0n) is 8.60. The van der Waals surface area contributed by atoms with Crippen molar-refractivity contribution in [1.82, 2.24) is 0 Å². The molecule has 16 heavy (non-hydrogen) atoms. The van der Waals surface area contributed by atoms with E-state index in [1.807, 2.05) is 0 Å². The Kier molecular flexibility index (Phi) is 24.1. The molecule has 98 valence electrons. The van der Waals surface area contributed by atoms with Gasteiger partial charge in [-0.3, -0.25) is 4.79 Å². The second-order valence-corrected chi connectivity index (χ2v) is 2.13. The van der Waals surface area contributed by atoms with Gasteiger partial charge in [0.25, 0.3) is 6.47 Å². The fourth-order valence-corrected chi connectivity index (χ4v) is 0. The number of hydrogen-bond acceptors (Lipinski definition) is 5. The molecule has 8 nitrogen and oxygen atoms in total. The number of aliphatic carboxylic acids is 2.